The van der Waals surface area contributed by atoms with E-state index < -0.39 is 0 Å². The Hall–Kier alpha value is -0.0800. The van der Waals surface area contributed by atoms with Gasteiger partial charge in [0.05, 0.1) is 10.3 Å². The van der Waals surface area contributed by atoms with Crippen LogP contribution in [0.1, 0.15) is 4.88 Å². The first kappa shape index (κ1) is 15.9. The molecule has 1 aromatic heterocycles. The third kappa shape index (κ3) is 5.86. The lowest BCUT2D eigenvalue weighted by atomic mass is 10.5. The average Bonchev–Trinajstić information content (AvgIpc) is 2.65. The van der Waals surface area contributed by atoms with Crippen molar-refractivity contribution < 1.29 is 0 Å². The van der Waals surface area contributed by atoms with E-state index in [1.54, 1.807) is 24.5 Å². The van der Waals surface area contributed by atoms with E-state index in [9.17, 15) is 0 Å². The summed E-state index contributed by atoms with van der Waals surface area (Å²) in [5.41, 5.74) is 0. The first-order valence-electron chi connectivity index (χ1n) is 4.56. The summed E-state index contributed by atoms with van der Waals surface area (Å²) in [5, 5.41) is 6.32. The maximum absolute atomic E-state index is 4.09. The number of hydrogen-bond acceptors (Lipinski definition) is 2. The number of rotatable bonds is 4. The fourth-order valence-electron chi connectivity index (χ4n) is 1.01. The monoisotopic (exact) mass is 415 g/mol. The molecule has 16 heavy (non-hydrogen) atoms. The van der Waals surface area contributed by atoms with Crippen molar-refractivity contribution in [1.29, 1.82) is 0 Å². The lowest BCUT2D eigenvalue weighted by Crippen LogP contribution is -2.36. The van der Waals surface area contributed by atoms with Gasteiger partial charge in [-0.3, -0.25) is 4.99 Å². The van der Waals surface area contributed by atoms with Gasteiger partial charge >= 0.3 is 0 Å². The van der Waals surface area contributed by atoms with Crippen molar-refractivity contribution >= 4 is 57.2 Å². The van der Waals surface area contributed by atoms with Crippen molar-refractivity contribution in [1.82, 2.24) is 10.6 Å². The van der Waals surface area contributed by atoms with Crippen LogP contribution in [0.2, 0.25) is 0 Å². The number of guanidine groups is 1. The molecule has 0 aliphatic rings. The zero-order valence-corrected chi connectivity index (χ0v) is 13.7. The second-order valence-corrected chi connectivity index (χ2v) is 5.35. The second-order valence-electron chi connectivity index (χ2n) is 2.80. The minimum atomic E-state index is 0. The van der Waals surface area contributed by atoms with Gasteiger partial charge in [0.1, 0.15) is 0 Å². The average molecular weight is 416 g/mol. The molecule has 1 heterocycles. The van der Waals surface area contributed by atoms with Gasteiger partial charge in [-0.1, -0.05) is 6.08 Å². The largest absolute Gasteiger partial charge is 0.353 e. The molecule has 1 aromatic rings. The molecule has 0 spiro atoms. The molecule has 0 bridgehead atoms. The molecular formula is C10H15BrIN3S. The summed E-state index contributed by atoms with van der Waals surface area (Å²) in [6.07, 6.45) is 1.80. The molecule has 0 aliphatic heterocycles. The van der Waals surface area contributed by atoms with Crippen LogP contribution in [0.3, 0.4) is 0 Å². The Morgan fingerprint density at radius 2 is 2.31 bits per heavy atom. The van der Waals surface area contributed by atoms with Gasteiger partial charge in [0.15, 0.2) is 5.96 Å². The number of nitrogens with one attached hydrogen (secondary N) is 2. The van der Waals surface area contributed by atoms with E-state index in [0.29, 0.717) is 6.54 Å². The van der Waals surface area contributed by atoms with Gasteiger partial charge in [-0.15, -0.1) is 41.9 Å². The smallest absolute Gasteiger partial charge is 0.191 e. The molecule has 6 heteroatoms. The van der Waals surface area contributed by atoms with Crippen LogP contribution in [0, 0.1) is 0 Å². The molecule has 2 N–H and O–H groups in total. The maximum atomic E-state index is 4.09. The molecule has 0 fully saturated rings. The van der Waals surface area contributed by atoms with Crippen molar-refractivity contribution in [2.45, 2.75) is 6.54 Å². The third-order valence-electron chi connectivity index (χ3n) is 1.70. The SMILES string of the molecule is C=CCNC(=NC)NCc1ccc(Br)s1.I. The van der Waals surface area contributed by atoms with Crippen LogP contribution < -0.4 is 10.6 Å². The van der Waals surface area contributed by atoms with Crippen molar-refractivity contribution in [3.05, 3.63) is 33.5 Å². The Bertz CT molecular complexity index is 352. The quantitative estimate of drug-likeness (QED) is 0.343. The number of nitrogens with zero attached hydrogens (tertiary/aromatic N) is 1. The minimum Gasteiger partial charge on any atom is -0.353 e. The molecule has 0 radical (unpaired) electrons. The Kier molecular flexibility index (Phi) is 8.96. The van der Waals surface area contributed by atoms with E-state index in [0.717, 1.165) is 16.3 Å². The van der Waals surface area contributed by atoms with E-state index in [4.69, 9.17) is 0 Å². The predicted octanol–water partition coefficient (Wildman–Crippen LogP) is 2.98. The van der Waals surface area contributed by atoms with Crippen LogP contribution in [0.4, 0.5) is 0 Å². The van der Waals surface area contributed by atoms with Gasteiger partial charge in [-0.2, -0.15) is 0 Å². The van der Waals surface area contributed by atoms with E-state index in [-0.39, 0.29) is 24.0 Å². The van der Waals surface area contributed by atoms with Crippen LogP contribution in [-0.4, -0.2) is 19.6 Å². The van der Waals surface area contributed by atoms with Crippen molar-refractivity contribution in [3.63, 3.8) is 0 Å². The van der Waals surface area contributed by atoms with Crippen molar-refractivity contribution in [2.24, 2.45) is 4.99 Å². The molecule has 0 unspecified atom stereocenters. The second kappa shape index (κ2) is 9.00. The summed E-state index contributed by atoms with van der Waals surface area (Å²) in [6.45, 7) is 5.14. The standard InChI is InChI=1S/C10H14BrN3S.HI/c1-3-6-13-10(12-2)14-7-8-4-5-9(11)15-8;/h3-5H,1,6-7H2,2H3,(H2,12,13,14);1H. The van der Waals surface area contributed by atoms with Gasteiger partial charge < -0.3 is 10.6 Å². The predicted molar refractivity (Wildman–Crippen MR) is 85.8 cm³/mol. The lowest BCUT2D eigenvalue weighted by Gasteiger charge is -2.08. The van der Waals surface area contributed by atoms with Gasteiger partial charge in [0.2, 0.25) is 0 Å². The van der Waals surface area contributed by atoms with E-state index >= 15 is 0 Å². The van der Waals surface area contributed by atoms with E-state index in [1.807, 2.05) is 6.07 Å². The van der Waals surface area contributed by atoms with Gasteiger partial charge in [-0.25, -0.2) is 0 Å². The summed E-state index contributed by atoms with van der Waals surface area (Å²) in [5.74, 6) is 0.791. The van der Waals surface area contributed by atoms with Crippen LogP contribution in [0.5, 0.6) is 0 Å². The van der Waals surface area contributed by atoms with Crippen molar-refractivity contribution in [3.8, 4) is 0 Å². The molecule has 0 saturated carbocycles. The normalized spacial score (nSPS) is 10.5. The van der Waals surface area contributed by atoms with Crippen LogP contribution in [-0.2, 0) is 6.54 Å². The summed E-state index contributed by atoms with van der Waals surface area (Å²) < 4.78 is 1.15. The van der Waals surface area contributed by atoms with Crippen LogP contribution in [0.15, 0.2) is 33.6 Å². The Morgan fingerprint density at radius 1 is 1.56 bits per heavy atom. The molecule has 0 saturated heterocycles. The Morgan fingerprint density at radius 3 is 2.81 bits per heavy atom. The van der Waals surface area contributed by atoms with Gasteiger partial charge in [0, 0.05) is 18.5 Å². The molecule has 0 amide bonds. The molecular weight excluding hydrogens is 401 g/mol. The highest BCUT2D eigenvalue weighted by Crippen LogP contribution is 2.21. The van der Waals surface area contributed by atoms with Gasteiger partial charge in [0.25, 0.3) is 0 Å². The number of thiophene rings is 1. The number of halogens is 2. The molecule has 90 valence electrons. The molecule has 3 nitrogen and oxygen atoms in total. The molecule has 0 aromatic carbocycles. The summed E-state index contributed by atoms with van der Waals surface area (Å²) >= 11 is 5.15. The first-order valence-corrected chi connectivity index (χ1v) is 6.17. The minimum absolute atomic E-state index is 0. The fraction of sp³-hybridized carbons (Fsp3) is 0.300. The van der Waals surface area contributed by atoms with Crippen molar-refractivity contribution in [2.75, 3.05) is 13.6 Å². The summed E-state index contributed by atoms with van der Waals surface area (Å²) in [7, 11) is 1.75. The third-order valence-corrected chi connectivity index (χ3v) is 3.32. The number of aliphatic imine (C=N–C) groups is 1. The molecule has 0 aliphatic carbocycles. The highest BCUT2D eigenvalue weighted by molar-refractivity contribution is 14.0. The Labute approximate surface area is 126 Å². The molecule has 1 rings (SSSR count). The van der Waals surface area contributed by atoms with E-state index in [2.05, 4.69) is 44.2 Å². The summed E-state index contributed by atoms with van der Waals surface area (Å²) in [4.78, 5) is 5.35. The number of hydrogen-bond donors (Lipinski definition) is 2. The van der Waals surface area contributed by atoms with E-state index in [1.165, 1.54) is 4.88 Å². The first-order chi connectivity index (χ1) is 7.26. The zero-order valence-electron chi connectivity index (χ0n) is 9.00. The van der Waals surface area contributed by atoms with Crippen LogP contribution in [0.25, 0.3) is 0 Å². The van der Waals surface area contributed by atoms with Crippen LogP contribution >= 0.6 is 51.2 Å². The Balaban J connectivity index is 0.00000225. The topological polar surface area (TPSA) is 36.4 Å². The van der Waals surface area contributed by atoms with Gasteiger partial charge in [-0.05, 0) is 28.1 Å². The highest BCUT2D eigenvalue weighted by atomic mass is 127. The lowest BCUT2D eigenvalue weighted by molar-refractivity contribution is 0.858. The fourth-order valence-corrected chi connectivity index (χ4v) is 2.43. The highest BCUT2D eigenvalue weighted by Gasteiger charge is 1.99. The zero-order chi connectivity index (χ0) is 11.1. The summed E-state index contributed by atoms with van der Waals surface area (Å²) in [6, 6.07) is 4.13. The molecule has 0 atom stereocenters. The maximum Gasteiger partial charge on any atom is 0.191 e.